The summed E-state index contributed by atoms with van der Waals surface area (Å²) < 4.78 is 29.7. The van der Waals surface area contributed by atoms with E-state index in [4.69, 9.17) is 16.3 Å². The first-order valence-electron chi connectivity index (χ1n) is 5.98. The van der Waals surface area contributed by atoms with Crippen molar-refractivity contribution in [2.24, 2.45) is 5.73 Å². The summed E-state index contributed by atoms with van der Waals surface area (Å²) in [6.45, 7) is 0. The molecule has 1 saturated carbocycles. The summed E-state index contributed by atoms with van der Waals surface area (Å²) in [6, 6.07) is -0.636. The van der Waals surface area contributed by atoms with Crippen LogP contribution in [-0.4, -0.2) is 35.8 Å². The van der Waals surface area contributed by atoms with Crippen molar-refractivity contribution in [3.8, 4) is 12.3 Å². The van der Waals surface area contributed by atoms with E-state index in [-0.39, 0.29) is 0 Å². The molecule has 0 aromatic carbocycles. The van der Waals surface area contributed by atoms with Crippen LogP contribution in [0.15, 0.2) is 23.3 Å². The lowest BCUT2D eigenvalue weighted by Gasteiger charge is -2.30. The number of aliphatic hydroxyl groups is 1. The average Bonchev–Trinajstić information content (AvgIpc) is 2.79. The smallest absolute Gasteiger partial charge is 0.343 e. The number of nitrogens with two attached hydrogens (primary N) is 1. The Hall–Kier alpha value is -1.17. The molecule has 3 unspecified atom stereocenters. The van der Waals surface area contributed by atoms with Crippen LogP contribution in [0.25, 0.3) is 0 Å². The lowest BCUT2D eigenvalue weighted by Crippen LogP contribution is -2.59. The van der Waals surface area contributed by atoms with Gasteiger partial charge in [-0.2, -0.15) is 8.42 Å². The second-order valence-electron chi connectivity index (χ2n) is 4.87. The van der Waals surface area contributed by atoms with Crippen molar-refractivity contribution in [3.05, 3.63) is 23.3 Å². The minimum Gasteiger partial charge on any atom is -0.352 e. The van der Waals surface area contributed by atoms with E-state index in [1.54, 1.807) is 0 Å². The molecule has 1 heterocycles. The Morgan fingerprint density at radius 1 is 1.53 bits per heavy atom. The Morgan fingerprint density at radius 2 is 2.21 bits per heavy atom. The van der Waals surface area contributed by atoms with Crippen LogP contribution in [0.2, 0.25) is 0 Å². The summed E-state index contributed by atoms with van der Waals surface area (Å²) in [5.41, 5.74) is 7.41. The molecule has 1 saturated heterocycles. The van der Waals surface area contributed by atoms with Crippen LogP contribution >= 0.6 is 0 Å². The van der Waals surface area contributed by atoms with Crippen molar-refractivity contribution in [1.29, 1.82) is 0 Å². The highest BCUT2D eigenvalue weighted by atomic mass is 32.2. The van der Waals surface area contributed by atoms with E-state index in [2.05, 4.69) is 6.08 Å². The highest BCUT2D eigenvalue weighted by Gasteiger charge is 2.58. The van der Waals surface area contributed by atoms with E-state index >= 15 is 0 Å². The van der Waals surface area contributed by atoms with Gasteiger partial charge in [-0.1, -0.05) is 12.2 Å². The third-order valence-electron chi connectivity index (χ3n) is 3.67. The molecule has 0 aromatic heterocycles. The molecular weight excluding hydrogens is 268 g/mol. The standard InChI is InChI=1S/C12H14N2O4S/c1-2-12(13,15)14-11-9-6-4-3-5-8(9)7-10(11)18-19(14,16)17/h1,5-6,10-11,15H,3-4,7,13H2. The minimum atomic E-state index is -4.12. The molecule has 102 valence electrons. The minimum absolute atomic E-state index is 0.493. The van der Waals surface area contributed by atoms with Gasteiger partial charge in [-0.05, 0) is 29.9 Å². The van der Waals surface area contributed by atoms with Gasteiger partial charge in [-0.25, -0.2) is 0 Å². The quantitative estimate of drug-likeness (QED) is 0.504. The van der Waals surface area contributed by atoms with Crippen LogP contribution in [-0.2, 0) is 14.5 Å². The first kappa shape index (κ1) is 12.8. The predicted molar refractivity (Wildman–Crippen MR) is 67.4 cm³/mol. The summed E-state index contributed by atoms with van der Waals surface area (Å²) in [7, 11) is -4.12. The maximum atomic E-state index is 12.0. The van der Waals surface area contributed by atoms with Crippen molar-refractivity contribution < 1.29 is 17.7 Å². The predicted octanol–water partition coefficient (Wildman–Crippen LogP) is -0.411. The maximum absolute atomic E-state index is 12.0. The monoisotopic (exact) mass is 282 g/mol. The fourth-order valence-electron chi connectivity index (χ4n) is 2.94. The molecular formula is C12H14N2O4S. The molecule has 2 aliphatic carbocycles. The number of hydrogen-bond acceptors (Lipinski definition) is 5. The van der Waals surface area contributed by atoms with Gasteiger partial charge in [-0.3, -0.25) is 9.92 Å². The van der Waals surface area contributed by atoms with Crippen molar-refractivity contribution in [1.82, 2.24) is 4.31 Å². The Bertz CT molecular complexity index is 627. The first-order valence-corrected chi connectivity index (χ1v) is 7.34. The number of allylic oxidation sites excluding steroid dienone is 2. The second kappa shape index (κ2) is 3.91. The van der Waals surface area contributed by atoms with Crippen LogP contribution in [0.1, 0.15) is 19.3 Å². The Labute approximate surface area is 111 Å². The Morgan fingerprint density at radius 3 is 2.89 bits per heavy atom. The molecule has 0 bridgehead atoms. The Balaban J connectivity index is 2.10. The fourth-order valence-corrected chi connectivity index (χ4v) is 4.44. The van der Waals surface area contributed by atoms with Crippen molar-refractivity contribution >= 4 is 10.3 Å². The normalized spacial score (nSPS) is 35.6. The zero-order valence-electron chi connectivity index (χ0n) is 10.1. The van der Waals surface area contributed by atoms with E-state index in [0.717, 1.165) is 24.0 Å². The number of hydrogen-bond donors (Lipinski definition) is 2. The topological polar surface area (TPSA) is 92.9 Å². The highest BCUT2D eigenvalue weighted by molar-refractivity contribution is 7.84. The van der Waals surface area contributed by atoms with E-state index in [1.165, 1.54) is 0 Å². The molecule has 3 rings (SSSR count). The van der Waals surface area contributed by atoms with Gasteiger partial charge in [0.1, 0.15) is 6.10 Å². The van der Waals surface area contributed by atoms with Crippen LogP contribution in [0.5, 0.6) is 0 Å². The van der Waals surface area contributed by atoms with Crippen LogP contribution in [0.4, 0.5) is 0 Å². The molecule has 2 fully saturated rings. The van der Waals surface area contributed by atoms with E-state index in [9.17, 15) is 13.5 Å². The van der Waals surface area contributed by atoms with Crippen molar-refractivity contribution in [2.75, 3.05) is 0 Å². The van der Waals surface area contributed by atoms with E-state index in [0.29, 0.717) is 10.7 Å². The van der Waals surface area contributed by atoms with Gasteiger partial charge in [0.05, 0.1) is 6.04 Å². The number of terminal acetylenes is 1. The lowest BCUT2D eigenvalue weighted by atomic mass is 9.98. The molecule has 3 aliphatic rings. The van der Waals surface area contributed by atoms with Gasteiger partial charge in [0.25, 0.3) is 5.85 Å². The summed E-state index contributed by atoms with van der Waals surface area (Å²) in [6.07, 6.45) is 10.8. The average molecular weight is 282 g/mol. The summed E-state index contributed by atoms with van der Waals surface area (Å²) in [4.78, 5) is 0. The third-order valence-corrected chi connectivity index (χ3v) is 5.15. The zero-order valence-corrected chi connectivity index (χ0v) is 10.9. The summed E-state index contributed by atoms with van der Waals surface area (Å²) >= 11 is 0. The van der Waals surface area contributed by atoms with Gasteiger partial charge in [-0.15, -0.1) is 10.7 Å². The molecule has 3 atom stereocenters. The molecule has 3 N–H and O–H groups in total. The fraction of sp³-hybridized carbons (Fsp3) is 0.500. The van der Waals surface area contributed by atoms with E-state index in [1.807, 2.05) is 12.0 Å². The molecule has 0 spiro atoms. The van der Waals surface area contributed by atoms with Gasteiger partial charge < -0.3 is 5.11 Å². The number of nitrogens with zero attached hydrogens (tertiary/aromatic N) is 1. The number of rotatable bonds is 1. The number of fused-ring (bicyclic) bond motifs is 3. The summed E-state index contributed by atoms with van der Waals surface area (Å²) in [5.74, 6) is -0.483. The van der Waals surface area contributed by atoms with Crippen molar-refractivity contribution in [3.63, 3.8) is 0 Å². The lowest BCUT2D eigenvalue weighted by molar-refractivity contribution is -0.0102. The molecule has 1 aliphatic heterocycles. The van der Waals surface area contributed by atoms with E-state index < -0.39 is 28.3 Å². The molecule has 0 amide bonds. The summed E-state index contributed by atoms with van der Waals surface area (Å²) in [5, 5.41) is 9.96. The van der Waals surface area contributed by atoms with Gasteiger partial charge in [0.15, 0.2) is 0 Å². The van der Waals surface area contributed by atoms with Gasteiger partial charge in [0, 0.05) is 6.42 Å². The zero-order chi connectivity index (χ0) is 13.8. The Kier molecular flexibility index (Phi) is 2.64. The van der Waals surface area contributed by atoms with Gasteiger partial charge in [0.2, 0.25) is 0 Å². The molecule has 0 radical (unpaired) electrons. The molecule has 0 aromatic rings. The van der Waals surface area contributed by atoms with Crippen molar-refractivity contribution in [2.45, 2.75) is 37.3 Å². The second-order valence-corrected chi connectivity index (χ2v) is 6.32. The highest BCUT2D eigenvalue weighted by Crippen LogP contribution is 2.46. The maximum Gasteiger partial charge on any atom is 0.343 e. The first-order chi connectivity index (χ1) is 8.87. The van der Waals surface area contributed by atoms with Gasteiger partial charge >= 0.3 is 10.3 Å². The third kappa shape index (κ3) is 1.76. The van der Waals surface area contributed by atoms with Crippen LogP contribution in [0, 0.1) is 12.3 Å². The SMILES string of the molecule is C#CC(N)(O)N1C2C3=CCCC=C3CC2OS1(=O)=O. The largest absolute Gasteiger partial charge is 0.352 e. The van der Waals surface area contributed by atoms with Crippen LogP contribution < -0.4 is 5.73 Å². The molecule has 7 heteroatoms. The molecule has 6 nitrogen and oxygen atoms in total. The van der Waals surface area contributed by atoms with Crippen LogP contribution in [0.3, 0.4) is 0 Å². The molecule has 19 heavy (non-hydrogen) atoms.